The van der Waals surface area contributed by atoms with Gasteiger partial charge in [-0.25, -0.2) is 4.39 Å². The van der Waals surface area contributed by atoms with Crippen LogP contribution in [0.4, 0.5) is 10.2 Å². The lowest BCUT2D eigenvalue weighted by Crippen LogP contribution is -1.97. The molecule has 0 amide bonds. The number of nitrogen functional groups attached to an aromatic ring is 1. The van der Waals surface area contributed by atoms with Gasteiger partial charge in [0, 0.05) is 10.9 Å². The molecule has 21 heavy (non-hydrogen) atoms. The predicted octanol–water partition coefficient (Wildman–Crippen LogP) is 3.50. The third-order valence-corrected chi connectivity index (χ3v) is 3.58. The lowest BCUT2D eigenvalue weighted by atomic mass is 10.1. The van der Waals surface area contributed by atoms with Gasteiger partial charge in [-0.05, 0) is 23.8 Å². The van der Waals surface area contributed by atoms with E-state index in [9.17, 15) is 4.39 Å². The van der Waals surface area contributed by atoms with E-state index >= 15 is 0 Å². The second-order valence-electron chi connectivity index (χ2n) is 4.86. The number of H-pyrrole nitrogens is 1. The van der Waals surface area contributed by atoms with Crippen LogP contribution in [0.3, 0.4) is 0 Å². The molecule has 2 heterocycles. The summed E-state index contributed by atoms with van der Waals surface area (Å²) < 4.78 is 13.1. The third kappa shape index (κ3) is 1.74. The van der Waals surface area contributed by atoms with Gasteiger partial charge >= 0.3 is 0 Å². The minimum atomic E-state index is -0.285. The molecule has 2 aromatic carbocycles. The number of hydrogen-bond donors (Lipinski definition) is 2. The summed E-state index contributed by atoms with van der Waals surface area (Å²) in [5, 5.41) is 9.22. The molecule has 0 aliphatic rings. The number of halogens is 1. The Labute approximate surface area is 119 Å². The molecule has 2 aromatic heterocycles. The van der Waals surface area contributed by atoms with Crippen molar-refractivity contribution in [1.82, 2.24) is 15.2 Å². The Hall–Kier alpha value is -2.95. The summed E-state index contributed by atoms with van der Waals surface area (Å²) in [7, 11) is 0. The maximum absolute atomic E-state index is 13.1. The van der Waals surface area contributed by atoms with Gasteiger partial charge in [0.05, 0.1) is 11.1 Å². The zero-order valence-electron chi connectivity index (χ0n) is 11.0. The Morgan fingerprint density at radius 2 is 1.71 bits per heavy atom. The lowest BCUT2D eigenvalue weighted by Gasteiger charge is -2.05. The van der Waals surface area contributed by atoms with E-state index in [2.05, 4.69) is 15.2 Å². The van der Waals surface area contributed by atoms with E-state index in [1.54, 1.807) is 12.1 Å². The highest BCUT2D eigenvalue weighted by molar-refractivity contribution is 6.10. The highest BCUT2D eigenvalue weighted by atomic mass is 19.1. The van der Waals surface area contributed by atoms with Gasteiger partial charge in [0.2, 0.25) is 0 Å². The number of nitrogens with one attached hydrogen (secondary N) is 1. The van der Waals surface area contributed by atoms with Gasteiger partial charge in [0.1, 0.15) is 11.3 Å². The van der Waals surface area contributed by atoms with Crippen LogP contribution in [-0.2, 0) is 0 Å². The fraction of sp³-hybridized carbons (Fsp3) is 0. The molecule has 0 radical (unpaired) electrons. The van der Waals surface area contributed by atoms with Crippen molar-refractivity contribution in [2.75, 3.05) is 5.73 Å². The molecule has 0 unspecified atom stereocenters. The van der Waals surface area contributed by atoms with Crippen LogP contribution in [0.15, 0.2) is 48.5 Å². The van der Waals surface area contributed by atoms with Crippen molar-refractivity contribution in [1.29, 1.82) is 0 Å². The number of para-hydroxylation sites is 1. The molecule has 0 saturated heterocycles. The molecule has 0 aliphatic carbocycles. The third-order valence-electron chi connectivity index (χ3n) is 3.58. The minimum Gasteiger partial charge on any atom is -0.382 e. The molecule has 0 spiro atoms. The maximum Gasteiger partial charge on any atom is 0.156 e. The standard InChI is InChI=1S/C16H11FN4/c17-10-7-5-9(6-8-10)13-15-14(20-21-16(13)18)11-3-1-2-4-12(11)19-15/h1-8,19H,(H2,18,21). The van der Waals surface area contributed by atoms with E-state index in [-0.39, 0.29) is 5.82 Å². The van der Waals surface area contributed by atoms with Gasteiger partial charge in [-0.15, -0.1) is 10.2 Å². The van der Waals surface area contributed by atoms with Crippen LogP contribution in [0.25, 0.3) is 33.1 Å². The first-order valence-corrected chi connectivity index (χ1v) is 6.52. The molecule has 0 atom stereocenters. The summed E-state index contributed by atoms with van der Waals surface area (Å²) in [4.78, 5) is 3.32. The molecule has 0 aliphatic heterocycles. The first kappa shape index (κ1) is 11.8. The molecule has 4 nitrogen and oxygen atoms in total. The van der Waals surface area contributed by atoms with Crippen molar-refractivity contribution in [2.45, 2.75) is 0 Å². The second kappa shape index (κ2) is 4.28. The summed E-state index contributed by atoms with van der Waals surface area (Å²) in [6, 6.07) is 14.0. The largest absolute Gasteiger partial charge is 0.382 e. The number of rotatable bonds is 1. The summed E-state index contributed by atoms with van der Waals surface area (Å²) in [6.45, 7) is 0. The molecule has 0 saturated carbocycles. The highest BCUT2D eigenvalue weighted by Crippen LogP contribution is 2.34. The van der Waals surface area contributed by atoms with Crippen LogP contribution < -0.4 is 5.73 Å². The van der Waals surface area contributed by atoms with Gasteiger partial charge in [-0.1, -0.05) is 30.3 Å². The molecule has 0 bridgehead atoms. The fourth-order valence-electron chi connectivity index (χ4n) is 2.60. The smallest absolute Gasteiger partial charge is 0.156 e. The number of benzene rings is 2. The molecule has 3 N–H and O–H groups in total. The topological polar surface area (TPSA) is 67.6 Å². The van der Waals surface area contributed by atoms with E-state index in [1.165, 1.54) is 12.1 Å². The van der Waals surface area contributed by atoms with E-state index < -0.39 is 0 Å². The predicted molar refractivity (Wildman–Crippen MR) is 81.2 cm³/mol. The zero-order valence-corrected chi connectivity index (χ0v) is 11.0. The van der Waals surface area contributed by atoms with Crippen LogP contribution in [-0.4, -0.2) is 15.2 Å². The van der Waals surface area contributed by atoms with Crippen molar-refractivity contribution in [2.24, 2.45) is 0 Å². The normalized spacial score (nSPS) is 11.3. The summed E-state index contributed by atoms with van der Waals surface area (Å²) in [6.07, 6.45) is 0. The van der Waals surface area contributed by atoms with Crippen molar-refractivity contribution >= 4 is 27.8 Å². The van der Waals surface area contributed by atoms with Crippen LogP contribution in [0.2, 0.25) is 0 Å². The Morgan fingerprint density at radius 3 is 2.52 bits per heavy atom. The number of aromatic nitrogens is 3. The molecule has 4 rings (SSSR count). The fourth-order valence-corrected chi connectivity index (χ4v) is 2.60. The summed E-state index contributed by atoms with van der Waals surface area (Å²) in [5.74, 6) is 0.0351. The molecule has 4 aromatic rings. The van der Waals surface area contributed by atoms with Crippen LogP contribution in [0.5, 0.6) is 0 Å². The van der Waals surface area contributed by atoms with Crippen molar-refractivity contribution in [3.8, 4) is 11.1 Å². The zero-order chi connectivity index (χ0) is 14.4. The summed E-state index contributed by atoms with van der Waals surface area (Å²) >= 11 is 0. The van der Waals surface area contributed by atoms with E-state index in [0.717, 1.165) is 33.1 Å². The SMILES string of the molecule is Nc1nnc2c([nH]c3ccccc32)c1-c1ccc(F)cc1. The van der Waals surface area contributed by atoms with Gasteiger partial charge in [-0.3, -0.25) is 0 Å². The van der Waals surface area contributed by atoms with Crippen molar-refractivity contribution in [3.63, 3.8) is 0 Å². The van der Waals surface area contributed by atoms with Crippen LogP contribution in [0.1, 0.15) is 0 Å². The van der Waals surface area contributed by atoms with Crippen LogP contribution >= 0.6 is 0 Å². The highest BCUT2D eigenvalue weighted by Gasteiger charge is 2.15. The second-order valence-corrected chi connectivity index (χ2v) is 4.86. The number of anilines is 1. The first-order chi connectivity index (χ1) is 10.2. The molecule has 5 heteroatoms. The quantitative estimate of drug-likeness (QED) is 0.560. The number of aromatic amines is 1. The Morgan fingerprint density at radius 1 is 0.952 bits per heavy atom. The van der Waals surface area contributed by atoms with Gasteiger partial charge in [-0.2, -0.15) is 0 Å². The Kier molecular flexibility index (Phi) is 2.41. The Bertz CT molecular complexity index is 957. The minimum absolute atomic E-state index is 0.285. The first-order valence-electron chi connectivity index (χ1n) is 6.52. The van der Waals surface area contributed by atoms with E-state index in [0.29, 0.717) is 5.82 Å². The van der Waals surface area contributed by atoms with Gasteiger partial charge < -0.3 is 10.7 Å². The number of nitrogens with zero attached hydrogens (tertiary/aromatic N) is 2. The average molecular weight is 278 g/mol. The lowest BCUT2D eigenvalue weighted by molar-refractivity contribution is 0.628. The molecular weight excluding hydrogens is 267 g/mol. The maximum atomic E-state index is 13.1. The Balaban J connectivity index is 2.12. The van der Waals surface area contributed by atoms with Crippen molar-refractivity contribution in [3.05, 3.63) is 54.3 Å². The summed E-state index contributed by atoms with van der Waals surface area (Å²) in [5.41, 5.74) is 10.1. The van der Waals surface area contributed by atoms with Gasteiger partial charge in [0.15, 0.2) is 5.82 Å². The van der Waals surface area contributed by atoms with E-state index in [1.807, 2.05) is 24.3 Å². The van der Waals surface area contributed by atoms with E-state index in [4.69, 9.17) is 5.73 Å². The molecule has 102 valence electrons. The number of nitrogens with two attached hydrogens (primary N) is 1. The molecule has 0 fully saturated rings. The monoisotopic (exact) mass is 278 g/mol. The number of fused-ring (bicyclic) bond motifs is 3. The van der Waals surface area contributed by atoms with Gasteiger partial charge in [0.25, 0.3) is 0 Å². The average Bonchev–Trinajstić information content (AvgIpc) is 2.87. The number of hydrogen-bond acceptors (Lipinski definition) is 3. The molecular formula is C16H11FN4. The van der Waals surface area contributed by atoms with Crippen LogP contribution in [0, 0.1) is 5.82 Å². The van der Waals surface area contributed by atoms with Crippen molar-refractivity contribution < 1.29 is 4.39 Å².